The maximum atomic E-state index is 11.9. The second-order valence-corrected chi connectivity index (χ2v) is 5.61. The molecule has 1 atom stereocenters. The third-order valence-electron chi connectivity index (χ3n) is 3.04. The van der Waals surface area contributed by atoms with Gasteiger partial charge < -0.3 is 15.3 Å². The zero-order valence-electron chi connectivity index (χ0n) is 12.2. The van der Waals surface area contributed by atoms with Crippen LogP contribution in [0, 0.1) is 11.8 Å². The second-order valence-electron chi connectivity index (χ2n) is 5.61. The molecule has 4 amide bonds. The first-order valence-corrected chi connectivity index (χ1v) is 6.85. The van der Waals surface area contributed by atoms with Crippen molar-refractivity contribution in [1.82, 2.24) is 15.5 Å². The highest BCUT2D eigenvalue weighted by atomic mass is 16.4. The maximum absolute atomic E-state index is 11.9. The highest BCUT2D eigenvalue weighted by Crippen LogP contribution is 2.14. The maximum Gasteiger partial charge on any atom is 0.318 e. The number of carboxylic acids is 1. The van der Waals surface area contributed by atoms with Crippen LogP contribution in [0.1, 0.15) is 26.7 Å². The molecule has 0 saturated carbocycles. The minimum Gasteiger partial charge on any atom is -0.481 e. The van der Waals surface area contributed by atoms with E-state index in [1.54, 1.807) is 0 Å². The third kappa shape index (κ3) is 6.24. The molecule has 1 unspecified atom stereocenters. The molecule has 1 aliphatic heterocycles. The van der Waals surface area contributed by atoms with Gasteiger partial charge in [-0.3, -0.25) is 19.7 Å². The van der Waals surface area contributed by atoms with E-state index in [1.807, 2.05) is 13.8 Å². The number of amides is 4. The Morgan fingerprint density at radius 3 is 2.33 bits per heavy atom. The number of urea groups is 1. The molecule has 0 radical (unpaired) electrons. The van der Waals surface area contributed by atoms with Gasteiger partial charge in [-0.1, -0.05) is 13.8 Å². The van der Waals surface area contributed by atoms with Crippen molar-refractivity contribution in [3.63, 3.8) is 0 Å². The van der Waals surface area contributed by atoms with Gasteiger partial charge in [-0.25, -0.2) is 4.79 Å². The van der Waals surface area contributed by atoms with E-state index in [-0.39, 0.29) is 32.0 Å². The van der Waals surface area contributed by atoms with Crippen LogP contribution in [0.5, 0.6) is 0 Å². The Labute approximate surface area is 122 Å². The summed E-state index contributed by atoms with van der Waals surface area (Å²) in [5.74, 6) is -1.83. The number of carbonyl (C=O) groups excluding carboxylic acids is 3. The van der Waals surface area contributed by atoms with Gasteiger partial charge in [0.15, 0.2) is 0 Å². The van der Waals surface area contributed by atoms with E-state index < -0.39 is 23.8 Å². The standard InChI is InChI=1S/C13H21N3O5/c1-8(2)3-9(4-12(19)20)5-14-13(21)16-6-10(17)15-11(18)7-16/h8-9H,3-7H2,1-2H3,(H,14,21)(H,19,20)(H,15,17,18). The lowest BCUT2D eigenvalue weighted by molar-refractivity contribution is -0.138. The average Bonchev–Trinajstić information content (AvgIpc) is 2.32. The van der Waals surface area contributed by atoms with Crippen LogP contribution in [0.4, 0.5) is 4.79 Å². The highest BCUT2D eigenvalue weighted by molar-refractivity contribution is 6.02. The Hall–Kier alpha value is -2.12. The molecule has 0 spiro atoms. The molecule has 118 valence electrons. The van der Waals surface area contributed by atoms with Gasteiger partial charge in [0.25, 0.3) is 0 Å². The minimum absolute atomic E-state index is 0.0299. The molecule has 0 aliphatic carbocycles. The summed E-state index contributed by atoms with van der Waals surface area (Å²) >= 11 is 0. The zero-order valence-corrected chi connectivity index (χ0v) is 12.2. The van der Waals surface area contributed by atoms with Crippen LogP contribution in [0.25, 0.3) is 0 Å². The summed E-state index contributed by atoms with van der Waals surface area (Å²) in [6.07, 6.45) is 0.643. The first-order valence-electron chi connectivity index (χ1n) is 6.85. The lowest BCUT2D eigenvalue weighted by atomic mass is 9.94. The number of nitrogens with zero attached hydrogens (tertiary/aromatic N) is 1. The van der Waals surface area contributed by atoms with Crippen LogP contribution < -0.4 is 10.6 Å². The van der Waals surface area contributed by atoms with E-state index in [2.05, 4.69) is 10.6 Å². The van der Waals surface area contributed by atoms with Crippen molar-refractivity contribution in [2.45, 2.75) is 26.7 Å². The molecule has 8 heteroatoms. The molecule has 1 heterocycles. The van der Waals surface area contributed by atoms with E-state index >= 15 is 0 Å². The molecule has 0 aromatic heterocycles. The van der Waals surface area contributed by atoms with Gasteiger partial charge in [-0.15, -0.1) is 0 Å². The molecular weight excluding hydrogens is 278 g/mol. The second kappa shape index (κ2) is 7.61. The predicted octanol–water partition coefficient (Wildman–Crippen LogP) is -0.209. The third-order valence-corrected chi connectivity index (χ3v) is 3.04. The summed E-state index contributed by atoms with van der Waals surface area (Å²) in [6, 6.07) is -0.530. The fraction of sp³-hybridized carbons (Fsp3) is 0.692. The van der Waals surface area contributed by atoms with Crippen LogP contribution in [0.15, 0.2) is 0 Å². The van der Waals surface area contributed by atoms with E-state index in [9.17, 15) is 19.2 Å². The molecule has 1 rings (SSSR count). The van der Waals surface area contributed by atoms with Crippen molar-refractivity contribution in [3.05, 3.63) is 0 Å². The van der Waals surface area contributed by atoms with Crippen molar-refractivity contribution in [3.8, 4) is 0 Å². The van der Waals surface area contributed by atoms with Crippen molar-refractivity contribution in [2.75, 3.05) is 19.6 Å². The monoisotopic (exact) mass is 299 g/mol. The molecule has 1 aliphatic rings. The molecule has 21 heavy (non-hydrogen) atoms. The lowest BCUT2D eigenvalue weighted by Crippen LogP contribution is -2.56. The number of carboxylic acid groups (broad SMARTS) is 1. The van der Waals surface area contributed by atoms with Crippen LogP contribution in [0.2, 0.25) is 0 Å². The molecule has 8 nitrogen and oxygen atoms in total. The molecule has 0 aromatic carbocycles. The number of rotatable bonds is 6. The molecule has 0 aromatic rings. The van der Waals surface area contributed by atoms with Crippen molar-refractivity contribution in [2.24, 2.45) is 11.8 Å². The first-order chi connectivity index (χ1) is 9.77. The van der Waals surface area contributed by atoms with Gasteiger partial charge in [0.05, 0.1) is 0 Å². The number of aliphatic carboxylic acids is 1. The van der Waals surface area contributed by atoms with E-state index in [0.717, 1.165) is 4.90 Å². The Bertz CT molecular complexity index is 420. The molecule has 1 fully saturated rings. The van der Waals surface area contributed by atoms with Gasteiger partial charge in [0, 0.05) is 13.0 Å². The Kier molecular flexibility index (Phi) is 6.13. The molecule has 3 N–H and O–H groups in total. The van der Waals surface area contributed by atoms with Crippen molar-refractivity contribution in [1.29, 1.82) is 0 Å². The van der Waals surface area contributed by atoms with Crippen molar-refractivity contribution >= 4 is 23.8 Å². The molecule has 0 bridgehead atoms. The van der Waals surface area contributed by atoms with Crippen LogP contribution >= 0.6 is 0 Å². The number of carbonyl (C=O) groups is 4. The number of hydrogen-bond donors (Lipinski definition) is 3. The Balaban J connectivity index is 2.50. The lowest BCUT2D eigenvalue weighted by Gasteiger charge is -2.26. The summed E-state index contributed by atoms with van der Waals surface area (Å²) in [4.78, 5) is 46.2. The van der Waals surface area contributed by atoms with Crippen molar-refractivity contribution < 1.29 is 24.3 Å². The summed E-state index contributed by atoms with van der Waals surface area (Å²) in [6.45, 7) is 3.81. The Morgan fingerprint density at radius 2 is 1.86 bits per heavy atom. The SMILES string of the molecule is CC(C)CC(CNC(=O)N1CC(=O)NC(=O)C1)CC(=O)O. The minimum atomic E-state index is -0.914. The Morgan fingerprint density at radius 1 is 1.29 bits per heavy atom. The largest absolute Gasteiger partial charge is 0.481 e. The van der Waals surface area contributed by atoms with E-state index in [4.69, 9.17) is 5.11 Å². The van der Waals surface area contributed by atoms with E-state index in [0.29, 0.717) is 12.3 Å². The normalized spacial score (nSPS) is 16.6. The summed E-state index contributed by atoms with van der Waals surface area (Å²) in [7, 11) is 0. The van der Waals surface area contributed by atoms with Crippen LogP contribution in [-0.2, 0) is 14.4 Å². The number of imide groups is 1. The highest BCUT2D eigenvalue weighted by Gasteiger charge is 2.26. The van der Waals surface area contributed by atoms with Crippen LogP contribution in [-0.4, -0.2) is 53.5 Å². The van der Waals surface area contributed by atoms with Crippen LogP contribution in [0.3, 0.4) is 0 Å². The zero-order chi connectivity index (χ0) is 16.0. The number of nitrogens with one attached hydrogen (secondary N) is 2. The summed E-state index contributed by atoms with van der Waals surface area (Å²) in [5, 5.41) is 13.6. The molecular formula is C13H21N3O5. The fourth-order valence-electron chi connectivity index (χ4n) is 2.28. The topological polar surface area (TPSA) is 116 Å². The van der Waals surface area contributed by atoms with Gasteiger partial charge >= 0.3 is 12.0 Å². The first kappa shape index (κ1) is 16.9. The molecule has 1 saturated heterocycles. The number of hydrogen-bond acceptors (Lipinski definition) is 4. The average molecular weight is 299 g/mol. The van der Waals surface area contributed by atoms with Gasteiger partial charge in [-0.2, -0.15) is 0 Å². The van der Waals surface area contributed by atoms with E-state index in [1.165, 1.54) is 0 Å². The fourth-order valence-corrected chi connectivity index (χ4v) is 2.28. The number of piperazine rings is 1. The summed E-state index contributed by atoms with van der Waals surface area (Å²) < 4.78 is 0. The summed E-state index contributed by atoms with van der Waals surface area (Å²) in [5.41, 5.74) is 0. The predicted molar refractivity (Wildman–Crippen MR) is 73.3 cm³/mol. The van der Waals surface area contributed by atoms with Gasteiger partial charge in [0.2, 0.25) is 11.8 Å². The quantitative estimate of drug-likeness (QED) is 0.587. The smallest absolute Gasteiger partial charge is 0.318 e. The van der Waals surface area contributed by atoms with Gasteiger partial charge in [-0.05, 0) is 18.3 Å². The van der Waals surface area contributed by atoms with Gasteiger partial charge in [0.1, 0.15) is 13.1 Å².